The second-order valence-corrected chi connectivity index (χ2v) is 8.66. The van der Waals surface area contributed by atoms with Crippen LogP contribution in [0.2, 0.25) is 0 Å². The summed E-state index contributed by atoms with van der Waals surface area (Å²) in [6.45, 7) is 2.99. The predicted molar refractivity (Wildman–Crippen MR) is 111 cm³/mol. The number of amides is 1. The van der Waals surface area contributed by atoms with Gasteiger partial charge in [-0.2, -0.15) is 4.31 Å². The largest absolute Gasteiger partial charge is 0.494 e. The van der Waals surface area contributed by atoms with Crippen molar-refractivity contribution in [2.75, 3.05) is 31.6 Å². The van der Waals surface area contributed by atoms with Gasteiger partial charge in [-0.15, -0.1) is 0 Å². The zero-order valence-electron chi connectivity index (χ0n) is 16.7. The van der Waals surface area contributed by atoms with E-state index in [1.54, 1.807) is 24.3 Å². The van der Waals surface area contributed by atoms with Crippen molar-refractivity contribution in [3.63, 3.8) is 0 Å². The fourth-order valence-electron chi connectivity index (χ4n) is 3.05. The first-order chi connectivity index (χ1) is 14.4. The first-order valence-electron chi connectivity index (χ1n) is 9.70. The lowest BCUT2D eigenvalue weighted by Gasteiger charge is -2.15. The van der Waals surface area contributed by atoms with Crippen LogP contribution in [-0.4, -0.2) is 50.9 Å². The van der Waals surface area contributed by atoms with E-state index >= 15 is 0 Å². The first kappa shape index (κ1) is 21.8. The number of anilines is 1. The summed E-state index contributed by atoms with van der Waals surface area (Å²) >= 11 is 0. The Morgan fingerprint density at radius 1 is 1.00 bits per heavy atom. The number of carbonyl (C=O) groups is 2. The van der Waals surface area contributed by atoms with Crippen molar-refractivity contribution in [3.8, 4) is 5.75 Å². The number of rotatable bonds is 8. The highest BCUT2D eigenvalue weighted by molar-refractivity contribution is 7.89. The molecule has 1 fully saturated rings. The molecule has 8 nitrogen and oxygen atoms in total. The summed E-state index contributed by atoms with van der Waals surface area (Å²) in [5.41, 5.74) is 0.722. The van der Waals surface area contributed by atoms with Crippen molar-refractivity contribution in [2.24, 2.45) is 0 Å². The highest BCUT2D eigenvalue weighted by atomic mass is 32.2. The molecule has 2 aromatic carbocycles. The third-order valence-electron chi connectivity index (χ3n) is 4.58. The molecule has 0 aliphatic carbocycles. The minimum absolute atomic E-state index is 0.134. The summed E-state index contributed by atoms with van der Waals surface area (Å²) in [5.74, 6) is -0.500. The first-order valence-corrected chi connectivity index (χ1v) is 11.1. The number of nitrogens with one attached hydrogen (secondary N) is 1. The van der Waals surface area contributed by atoms with Crippen LogP contribution in [-0.2, 0) is 19.6 Å². The average Bonchev–Trinajstić information content (AvgIpc) is 3.30. The summed E-state index contributed by atoms with van der Waals surface area (Å²) < 4.78 is 36.8. The van der Waals surface area contributed by atoms with E-state index in [1.165, 1.54) is 28.6 Å². The SMILES string of the molecule is CCOc1ccc(NC(=O)COC(=O)c2ccc(S(=O)(=O)N3CCCC3)cc2)cc1. The quantitative estimate of drug-likeness (QED) is 0.644. The van der Waals surface area contributed by atoms with Gasteiger partial charge in [-0.1, -0.05) is 0 Å². The van der Waals surface area contributed by atoms with Gasteiger partial charge >= 0.3 is 5.97 Å². The molecule has 1 N–H and O–H groups in total. The zero-order chi connectivity index (χ0) is 21.6. The second-order valence-electron chi connectivity index (χ2n) is 6.72. The van der Waals surface area contributed by atoms with E-state index < -0.39 is 28.5 Å². The van der Waals surface area contributed by atoms with Gasteiger partial charge < -0.3 is 14.8 Å². The Hall–Kier alpha value is -2.91. The van der Waals surface area contributed by atoms with Crippen molar-refractivity contribution in [1.82, 2.24) is 4.31 Å². The van der Waals surface area contributed by atoms with Crippen LogP contribution >= 0.6 is 0 Å². The lowest BCUT2D eigenvalue weighted by Crippen LogP contribution is -2.27. The molecule has 0 saturated carbocycles. The highest BCUT2D eigenvalue weighted by Gasteiger charge is 2.27. The summed E-state index contributed by atoms with van der Waals surface area (Å²) in [4.78, 5) is 24.3. The molecule has 160 valence electrons. The van der Waals surface area contributed by atoms with Crippen molar-refractivity contribution in [1.29, 1.82) is 0 Å². The topological polar surface area (TPSA) is 102 Å². The number of carbonyl (C=O) groups excluding carboxylic acids is 2. The molecule has 1 amide bonds. The number of ether oxygens (including phenoxy) is 2. The van der Waals surface area contributed by atoms with Crippen LogP contribution in [0.5, 0.6) is 5.75 Å². The van der Waals surface area contributed by atoms with Gasteiger partial charge in [0.2, 0.25) is 10.0 Å². The van der Waals surface area contributed by atoms with Crippen LogP contribution in [0.25, 0.3) is 0 Å². The van der Waals surface area contributed by atoms with Crippen molar-refractivity contribution < 1.29 is 27.5 Å². The van der Waals surface area contributed by atoms with Gasteiger partial charge in [-0.05, 0) is 68.3 Å². The maximum absolute atomic E-state index is 12.5. The lowest BCUT2D eigenvalue weighted by molar-refractivity contribution is -0.119. The van der Waals surface area contributed by atoms with Gasteiger partial charge in [0, 0.05) is 18.8 Å². The van der Waals surface area contributed by atoms with Gasteiger partial charge in [0.25, 0.3) is 5.91 Å². The zero-order valence-corrected chi connectivity index (χ0v) is 17.5. The monoisotopic (exact) mass is 432 g/mol. The Morgan fingerprint density at radius 3 is 2.23 bits per heavy atom. The molecule has 2 aromatic rings. The maximum atomic E-state index is 12.5. The third kappa shape index (κ3) is 5.37. The fraction of sp³-hybridized carbons (Fsp3) is 0.333. The molecule has 0 spiro atoms. The molecule has 0 bridgehead atoms. The maximum Gasteiger partial charge on any atom is 0.338 e. The lowest BCUT2D eigenvalue weighted by atomic mass is 10.2. The molecule has 0 radical (unpaired) electrons. The standard InChI is InChI=1S/C21H24N2O6S/c1-2-28-18-9-7-17(8-10-18)22-20(24)15-29-21(25)16-5-11-19(12-6-16)30(26,27)23-13-3-4-14-23/h5-12H,2-4,13-15H2,1H3,(H,22,24). The Balaban J connectivity index is 1.52. The van der Waals surface area contributed by atoms with E-state index in [-0.39, 0.29) is 10.5 Å². The molecule has 1 saturated heterocycles. The van der Waals surface area contributed by atoms with E-state index in [1.807, 2.05) is 6.92 Å². The number of hydrogen-bond donors (Lipinski definition) is 1. The fourth-order valence-corrected chi connectivity index (χ4v) is 4.57. The van der Waals surface area contributed by atoms with Crippen molar-refractivity contribution in [3.05, 3.63) is 54.1 Å². The highest BCUT2D eigenvalue weighted by Crippen LogP contribution is 2.21. The molecule has 1 aliphatic heterocycles. The van der Waals surface area contributed by atoms with Crippen molar-refractivity contribution in [2.45, 2.75) is 24.7 Å². The van der Waals surface area contributed by atoms with Crippen LogP contribution < -0.4 is 10.1 Å². The number of hydrogen-bond acceptors (Lipinski definition) is 6. The molecular formula is C21H24N2O6S. The van der Waals surface area contributed by atoms with E-state index in [2.05, 4.69) is 5.32 Å². The molecule has 0 atom stereocenters. The average molecular weight is 432 g/mol. The summed E-state index contributed by atoms with van der Waals surface area (Å²) in [5, 5.41) is 2.62. The third-order valence-corrected chi connectivity index (χ3v) is 6.49. The number of nitrogens with zero attached hydrogens (tertiary/aromatic N) is 1. The minimum atomic E-state index is -3.54. The van der Waals surface area contributed by atoms with Crippen LogP contribution in [0.4, 0.5) is 5.69 Å². The van der Waals surface area contributed by atoms with E-state index in [4.69, 9.17) is 9.47 Å². The molecule has 9 heteroatoms. The van der Waals surface area contributed by atoms with Gasteiger partial charge in [-0.25, -0.2) is 13.2 Å². The van der Waals surface area contributed by atoms with Gasteiger partial charge in [0.1, 0.15) is 5.75 Å². The van der Waals surface area contributed by atoms with Crippen LogP contribution in [0.1, 0.15) is 30.1 Å². The normalized spacial score (nSPS) is 14.3. The minimum Gasteiger partial charge on any atom is -0.494 e. The van der Waals surface area contributed by atoms with Gasteiger partial charge in [-0.3, -0.25) is 4.79 Å². The molecule has 1 aliphatic rings. The van der Waals surface area contributed by atoms with Crippen LogP contribution in [0.15, 0.2) is 53.4 Å². The Morgan fingerprint density at radius 2 is 1.63 bits per heavy atom. The van der Waals surface area contributed by atoms with E-state index in [9.17, 15) is 18.0 Å². The Kier molecular flexibility index (Phi) is 7.07. The van der Waals surface area contributed by atoms with Gasteiger partial charge in [0.15, 0.2) is 6.61 Å². The molecule has 30 heavy (non-hydrogen) atoms. The summed E-state index contributed by atoms with van der Waals surface area (Å²) in [7, 11) is -3.54. The summed E-state index contributed by atoms with van der Waals surface area (Å²) in [6.07, 6.45) is 1.70. The van der Waals surface area contributed by atoms with Crippen molar-refractivity contribution >= 4 is 27.6 Å². The van der Waals surface area contributed by atoms with Crippen LogP contribution in [0.3, 0.4) is 0 Å². The Bertz CT molecular complexity index is 981. The number of esters is 1. The number of benzene rings is 2. The van der Waals surface area contributed by atoms with Crippen LogP contribution in [0, 0.1) is 0 Å². The second kappa shape index (κ2) is 9.73. The number of sulfonamides is 1. The Labute approximate surface area is 175 Å². The predicted octanol–water partition coefficient (Wildman–Crippen LogP) is 2.67. The molecule has 0 unspecified atom stereocenters. The molecule has 3 rings (SSSR count). The van der Waals surface area contributed by atoms with Gasteiger partial charge in [0.05, 0.1) is 17.1 Å². The van der Waals surface area contributed by atoms with E-state index in [0.29, 0.717) is 31.1 Å². The van der Waals surface area contributed by atoms with E-state index in [0.717, 1.165) is 12.8 Å². The molecule has 1 heterocycles. The smallest absolute Gasteiger partial charge is 0.338 e. The molecule has 0 aromatic heterocycles. The summed E-state index contributed by atoms with van der Waals surface area (Å²) in [6, 6.07) is 12.3. The molecular weight excluding hydrogens is 408 g/mol.